The Balaban J connectivity index is 1.66. The summed E-state index contributed by atoms with van der Waals surface area (Å²) in [6.45, 7) is 15.4. The SMILES string of the molecule is CC1CN(C(=O)Cc2cc(F)c(B3OC(C)(C)C(C)(C)O3)cc2F)CCN1C(=O)OC(C)(C)C. The van der Waals surface area contributed by atoms with E-state index in [0.717, 1.165) is 12.1 Å². The molecule has 7 nitrogen and oxygen atoms in total. The Hall–Kier alpha value is -2.20. The van der Waals surface area contributed by atoms with Gasteiger partial charge in [0.2, 0.25) is 5.91 Å². The highest BCUT2D eigenvalue weighted by Crippen LogP contribution is 2.36. The molecular weight excluding hydrogens is 445 g/mol. The van der Waals surface area contributed by atoms with Gasteiger partial charge in [0.15, 0.2) is 0 Å². The second-order valence-corrected chi connectivity index (χ2v) is 11.1. The van der Waals surface area contributed by atoms with Crippen molar-refractivity contribution in [2.24, 2.45) is 0 Å². The van der Waals surface area contributed by atoms with Crippen LogP contribution in [0.2, 0.25) is 0 Å². The Morgan fingerprint density at radius 1 is 1.09 bits per heavy atom. The highest BCUT2D eigenvalue weighted by molar-refractivity contribution is 6.62. The highest BCUT2D eigenvalue weighted by Gasteiger charge is 2.52. The van der Waals surface area contributed by atoms with Crippen LogP contribution in [0, 0.1) is 11.6 Å². The number of nitrogens with zero attached hydrogens (tertiary/aromatic N) is 2. The molecule has 1 atom stereocenters. The number of carbonyl (C=O) groups excluding carboxylic acids is 2. The molecule has 0 saturated carbocycles. The topological polar surface area (TPSA) is 68.3 Å². The van der Waals surface area contributed by atoms with E-state index in [1.807, 2.05) is 34.6 Å². The van der Waals surface area contributed by atoms with E-state index in [0.29, 0.717) is 13.1 Å². The van der Waals surface area contributed by atoms with Gasteiger partial charge in [-0.05, 0) is 73.1 Å². The van der Waals surface area contributed by atoms with Crippen LogP contribution in [0.3, 0.4) is 0 Å². The Morgan fingerprint density at radius 3 is 2.21 bits per heavy atom. The molecule has 2 aliphatic heterocycles. The first-order valence-electron chi connectivity index (χ1n) is 11.6. The van der Waals surface area contributed by atoms with Gasteiger partial charge in [-0.3, -0.25) is 4.79 Å². The molecule has 188 valence electrons. The maximum atomic E-state index is 14.9. The van der Waals surface area contributed by atoms with Gasteiger partial charge in [-0.25, -0.2) is 13.6 Å². The molecule has 2 aliphatic rings. The van der Waals surface area contributed by atoms with E-state index in [1.165, 1.54) is 0 Å². The Bertz CT molecular complexity index is 947. The maximum Gasteiger partial charge on any atom is 0.497 e. The Morgan fingerprint density at radius 2 is 1.68 bits per heavy atom. The van der Waals surface area contributed by atoms with E-state index in [9.17, 15) is 18.4 Å². The Labute approximate surface area is 200 Å². The summed E-state index contributed by atoms with van der Waals surface area (Å²) in [6, 6.07) is 1.82. The predicted octanol–water partition coefficient (Wildman–Crippen LogP) is 3.27. The van der Waals surface area contributed by atoms with Crippen LogP contribution in [0.15, 0.2) is 12.1 Å². The summed E-state index contributed by atoms with van der Waals surface area (Å²) in [7, 11) is -1.04. The lowest BCUT2D eigenvalue weighted by Gasteiger charge is -2.40. The molecule has 2 fully saturated rings. The number of ether oxygens (including phenoxy) is 1. The van der Waals surface area contributed by atoms with E-state index in [1.54, 1.807) is 30.6 Å². The number of halogens is 2. The van der Waals surface area contributed by atoms with E-state index in [-0.39, 0.29) is 35.9 Å². The third-order valence-electron chi connectivity index (χ3n) is 6.62. The van der Waals surface area contributed by atoms with Crippen LogP contribution in [0.4, 0.5) is 13.6 Å². The third-order valence-corrected chi connectivity index (χ3v) is 6.62. The number of hydrogen-bond donors (Lipinski definition) is 0. The van der Waals surface area contributed by atoms with Gasteiger partial charge < -0.3 is 23.8 Å². The summed E-state index contributed by atoms with van der Waals surface area (Å²) in [5.74, 6) is -1.72. The zero-order valence-corrected chi connectivity index (χ0v) is 21.3. The van der Waals surface area contributed by atoms with Gasteiger partial charge in [0.1, 0.15) is 17.2 Å². The van der Waals surface area contributed by atoms with Gasteiger partial charge in [0.25, 0.3) is 0 Å². The van der Waals surface area contributed by atoms with Crippen LogP contribution in [0.25, 0.3) is 0 Å². The third kappa shape index (κ3) is 5.54. The van der Waals surface area contributed by atoms with Crippen molar-refractivity contribution < 1.29 is 32.4 Å². The summed E-state index contributed by atoms with van der Waals surface area (Å²) in [6.07, 6.45) is -0.718. The van der Waals surface area contributed by atoms with Crippen LogP contribution in [0.5, 0.6) is 0 Å². The number of amides is 2. The van der Waals surface area contributed by atoms with Gasteiger partial charge in [-0.1, -0.05) is 0 Å². The molecule has 2 amide bonds. The van der Waals surface area contributed by atoms with Gasteiger partial charge >= 0.3 is 13.2 Å². The van der Waals surface area contributed by atoms with Gasteiger partial charge in [0, 0.05) is 31.1 Å². The highest BCUT2D eigenvalue weighted by atomic mass is 19.1. The summed E-state index contributed by atoms with van der Waals surface area (Å²) < 4.78 is 46.9. The fourth-order valence-electron chi connectivity index (χ4n) is 3.94. The van der Waals surface area contributed by atoms with E-state index in [2.05, 4.69) is 0 Å². The van der Waals surface area contributed by atoms with Crippen molar-refractivity contribution in [3.05, 3.63) is 29.3 Å². The van der Waals surface area contributed by atoms with Gasteiger partial charge in [-0.15, -0.1) is 0 Å². The summed E-state index contributed by atoms with van der Waals surface area (Å²) in [5, 5.41) is 0. The molecule has 1 unspecified atom stereocenters. The zero-order chi connectivity index (χ0) is 25.6. The smallest absolute Gasteiger partial charge is 0.444 e. The molecule has 0 bridgehead atoms. The lowest BCUT2D eigenvalue weighted by atomic mass is 9.78. The van der Waals surface area contributed by atoms with Crippen molar-refractivity contribution >= 4 is 24.6 Å². The average Bonchev–Trinajstić information content (AvgIpc) is 2.89. The minimum atomic E-state index is -1.04. The summed E-state index contributed by atoms with van der Waals surface area (Å²) >= 11 is 0. The standard InChI is InChI=1S/C24H35BF2N2O5/c1-15-14-28(9-10-29(15)21(31)32-22(2,3)4)20(30)12-16-11-19(27)17(13-18(16)26)25-33-23(5,6)24(7,8)34-25/h11,13,15H,9-10,12,14H2,1-8H3. The van der Waals surface area contributed by atoms with Crippen molar-refractivity contribution in [1.82, 2.24) is 9.80 Å². The van der Waals surface area contributed by atoms with Gasteiger partial charge in [-0.2, -0.15) is 0 Å². The van der Waals surface area contributed by atoms with Crippen molar-refractivity contribution in [3.63, 3.8) is 0 Å². The normalized spacial score (nSPS) is 22.2. The second-order valence-electron chi connectivity index (χ2n) is 11.1. The minimum Gasteiger partial charge on any atom is -0.444 e. The van der Waals surface area contributed by atoms with Crippen LogP contribution < -0.4 is 5.46 Å². The number of piperazine rings is 1. The lowest BCUT2D eigenvalue weighted by Crippen LogP contribution is -2.56. The fraction of sp³-hybridized carbons (Fsp3) is 0.667. The molecule has 3 rings (SSSR count). The van der Waals surface area contributed by atoms with E-state index >= 15 is 0 Å². The molecule has 0 aliphatic carbocycles. The van der Waals surface area contributed by atoms with Crippen molar-refractivity contribution in [2.45, 2.75) is 84.7 Å². The molecule has 0 spiro atoms. The summed E-state index contributed by atoms with van der Waals surface area (Å²) in [5.41, 5.74) is -2.06. The van der Waals surface area contributed by atoms with Crippen molar-refractivity contribution in [3.8, 4) is 0 Å². The molecular formula is C24H35BF2N2O5. The summed E-state index contributed by atoms with van der Waals surface area (Å²) in [4.78, 5) is 28.4. The first kappa shape index (κ1) is 26.4. The van der Waals surface area contributed by atoms with Crippen molar-refractivity contribution in [1.29, 1.82) is 0 Å². The average molecular weight is 480 g/mol. The predicted molar refractivity (Wildman–Crippen MR) is 125 cm³/mol. The van der Waals surface area contributed by atoms with Crippen LogP contribution in [-0.4, -0.2) is 71.4 Å². The molecule has 2 saturated heterocycles. The molecule has 0 N–H and O–H groups in total. The van der Waals surface area contributed by atoms with Crippen LogP contribution in [-0.2, 0) is 25.3 Å². The largest absolute Gasteiger partial charge is 0.497 e. The quantitative estimate of drug-likeness (QED) is 0.622. The molecule has 34 heavy (non-hydrogen) atoms. The monoisotopic (exact) mass is 480 g/mol. The lowest BCUT2D eigenvalue weighted by molar-refractivity contribution is -0.133. The van der Waals surface area contributed by atoms with Crippen molar-refractivity contribution in [2.75, 3.05) is 19.6 Å². The number of rotatable bonds is 3. The second kappa shape index (κ2) is 9.11. The number of hydrogen-bond acceptors (Lipinski definition) is 5. The van der Waals surface area contributed by atoms with Gasteiger partial charge in [0.05, 0.1) is 17.6 Å². The zero-order valence-electron chi connectivity index (χ0n) is 21.3. The molecule has 2 heterocycles. The first-order chi connectivity index (χ1) is 15.5. The Kier molecular flexibility index (Phi) is 7.08. The molecule has 10 heteroatoms. The van der Waals surface area contributed by atoms with Crippen LogP contribution in [0.1, 0.15) is 61.0 Å². The number of benzene rings is 1. The molecule has 1 aromatic rings. The molecule has 0 radical (unpaired) electrons. The number of carbonyl (C=O) groups is 2. The fourth-order valence-corrected chi connectivity index (χ4v) is 3.94. The molecule has 0 aromatic heterocycles. The minimum absolute atomic E-state index is 0.0352. The van der Waals surface area contributed by atoms with Crippen LogP contribution >= 0.6 is 0 Å². The first-order valence-corrected chi connectivity index (χ1v) is 11.6. The maximum absolute atomic E-state index is 14.9. The van der Waals surface area contributed by atoms with E-state index < -0.39 is 41.6 Å². The molecule has 1 aromatic carbocycles. The van der Waals surface area contributed by atoms with E-state index in [4.69, 9.17) is 14.0 Å².